The molecule has 0 aliphatic heterocycles. The highest BCUT2D eigenvalue weighted by Gasteiger charge is 2.19. The van der Waals surface area contributed by atoms with Gasteiger partial charge in [0.05, 0.1) is 19.3 Å². The van der Waals surface area contributed by atoms with Gasteiger partial charge in [0.2, 0.25) is 0 Å². The van der Waals surface area contributed by atoms with Gasteiger partial charge in [0.25, 0.3) is 0 Å². The van der Waals surface area contributed by atoms with Crippen molar-refractivity contribution in [1.82, 2.24) is 4.74 Å². The van der Waals surface area contributed by atoms with Crippen LogP contribution in [0.15, 0.2) is 33.6 Å². The lowest BCUT2D eigenvalue weighted by atomic mass is 10.2. The average Bonchev–Trinajstić information content (AvgIpc) is 2.65. The molecule has 0 spiro atoms. The van der Waals surface area contributed by atoms with Gasteiger partial charge in [-0.1, -0.05) is 12.1 Å². The van der Waals surface area contributed by atoms with Crippen molar-refractivity contribution in [3.63, 3.8) is 0 Å². The van der Waals surface area contributed by atoms with E-state index in [0.29, 0.717) is 12.2 Å². The van der Waals surface area contributed by atoms with Gasteiger partial charge in [0.1, 0.15) is 5.75 Å². The van der Waals surface area contributed by atoms with E-state index in [1.54, 1.807) is 19.2 Å². The lowest BCUT2D eigenvalue weighted by Gasteiger charge is -2.05. The Morgan fingerprint density at radius 1 is 1.37 bits per heavy atom. The average molecular weight is 263 g/mol. The molecule has 2 aromatic rings. The summed E-state index contributed by atoms with van der Waals surface area (Å²) in [5.74, 6) is -0.555. The highest BCUT2D eigenvalue weighted by Crippen LogP contribution is 2.14. The molecule has 1 heterocycles. The van der Waals surface area contributed by atoms with E-state index in [4.69, 9.17) is 14.4 Å². The molecule has 0 aliphatic rings. The Morgan fingerprint density at radius 2 is 2.00 bits per heavy atom. The first-order chi connectivity index (χ1) is 9.02. The number of carboxylic acids is 1. The van der Waals surface area contributed by atoms with E-state index in [0.717, 1.165) is 11.3 Å². The zero-order valence-corrected chi connectivity index (χ0v) is 10.5. The smallest absolute Gasteiger partial charge is 0.372 e. The monoisotopic (exact) mass is 263 g/mol. The van der Waals surface area contributed by atoms with Crippen LogP contribution in [0.3, 0.4) is 0 Å². The molecular weight excluding hydrogens is 250 g/mol. The van der Waals surface area contributed by atoms with Crippen molar-refractivity contribution in [2.24, 2.45) is 0 Å². The van der Waals surface area contributed by atoms with Gasteiger partial charge in [-0.25, -0.2) is 14.3 Å². The summed E-state index contributed by atoms with van der Waals surface area (Å²) in [5, 5.41) is 8.90. The van der Waals surface area contributed by atoms with Crippen LogP contribution in [0, 0.1) is 6.92 Å². The third kappa shape index (κ3) is 2.52. The van der Waals surface area contributed by atoms with Gasteiger partial charge in [-0.05, 0) is 24.6 Å². The Kier molecular flexibility index (Phi) is 3.41. The number of hydrogen-bond acceptors (Lipinski definition) is 4. The molecule has 0 amide bonds. The predicted octanol–water partition coefficient (Wildman–Crippen LogP) is 1.50. The van der Waals surface area contributed by atoms with Crippen LogP contribution in [0.2, 0.25) is 0 Å². The summed E-state index contributed by atoms with van der Waals surface area (Å²) in [7, 11) is 1.57. The second-order valence-electron chi connectivity index (χ2n) is 4.03. The third-order valence-electron chi connectivity index (χ3n) is 2.83. The van der Waals surface area contributed by atoms with E-state index >= 15 is 0 Å². The number of aromatic nitrogens is 1. The first kappa shape index (κ1) is 12.9. The number of carbonyl (C=O) groups is 1. The van der Waals surface area contributed by atoms with Crippen LogP contribution >= 0.6 is 0 Å². The van der Waals surface area contributed by atoms with Crippen LogP contribution in [0.25, 0.3) is 0 Å². The third-order valence-corrected chi connectivity index (χ3v) is 2.83. The summed E-state index contributed by atoms with van der Waals surface area (Å²) in [6.07, 6.45) is 0. The maximum Gasteiger partial charge on any atom is 0.372 e. The van der Waals surface area contributed by atoms with Crippen LogP contribution in [0.4, 0.5) is 0 Å². The first-order valence-electron chi connectivity index (χ1n) is 5.60. The van der Waals surface area contributed by atoms with Crippen LogP contribution < -0.4 is 10.4 Å². The van der Waals surface area contributed by atoms with Crippen LogP contribution in [0.5, 0.6) is 5.75 Å². The molecule has 1 aromatic heterocycles. The number of aromatic carboxylic acids is 1. The van der Waals surface area contributed by atoms with E-state index in [9.17, 15) is 9.59 Å². The molecule has 100 valence electrons. The minimum atomic E-state index is -1.28. The molecule has 1 aromatic carbocycles. The van der Waals surface area contributed by atoms with E-state index in [-0.39, 0.29) is 5.56 Å². The molecule has 0 saturated heterocycles. The number of rotatable bonds is 4. The van der Waals surface area contributed by atoms with Gasteiger partial charge < -0.3 is 14.4 Å². The molecule has 6 nitrogen and oxygen atoms in total. The summed E-state index contributed by atoms with van der Waals surface area (Å²) in [5.41, 5.74) is 0.0138. The molecule has 1 N–H and O–H groups in total. The van der Waals surface area contributed by atoms with Crippen molar-refractivity contribution >= 4 is 5.97 Å². The first-order valence-corrected chi connectivity index (χ1v) is 5.60. The van der Waals surface area contributed by atoms with Crippen LogP contribution in [0.1, 0.15) is 21.6 Å². The largest absolute Gasteiger partial charge is 0.497 e. The van der Waals surface area contributed by atoms with Crippen molar-refractivity contribution < 1.29 is 19.2 Å². The molecule has 6 heteroatoms. The van der Waals surface area contributed by atoms with Crippen molar-refractivity contribution in [1.29, 1.82) is 0 Å². The molecule has 2 rings (SSSR count). The van der Waals surface area contributed by atoms with Gasteiger partial charge in [0.15, 0.2) is 5.56 Å². The summed E-state index contributed by atoms with van der Waals surface area (Å²) in [4.78, 5) is 22.3. The molecular formula is C13H13NO5. The minimum Gasteiger partial charge on any atom is -0.497 e. The maximum atomic E-state index is 11.4. The number of hydrogen-bond donors (Lipinski definition) is 1. The number of methoxy groups -OCH3 is 1. The van der Waals surface area contributed by atoms with Gasteiger partial charge in [-0.3, -0.25) is 0 Å². The molecule has 0 fully saturated rings. The van der Waals surface area contributed by atoms with E-state index in [2.05, 4.69) is 0 Å². The maximum absolute atomic E-state index is 11.4. The summed E-state index contributed by atoms with van der Waals surface area (Å²) >= 11 is 0. The predicted molar refractivity (Wildman–Crippen MR) is 66.8 cm³/mol. The number of ether oxygens (including phenoxy) is 1. The second-order valence-corrected chi connectivity index (χ2v) is 4.03. The molecule has 19 heavy (non-hydrogen) atoms. The second kappa shape index (κ2) is 5.01. The van der Waals surface area contributed by atoms with Crippen molar-refractivity contribution in [3.05, 3.63) is 51.5 Å². The molecule has 0 atom stereocenters. The SMILES string of the molecule is COc1ccc(Cn2oc(=O)c(C(=O)O)c2C)cc1. The van der Waals surface area contributed by atoms with Crippen molar-refractivity contribution in [2.45, 2.75) is 13.5 Å². The number of carboxylic acid groups (broad SMARTS) is 1. The number of nitrogens with zero attached hydrogens (tertiary/aromatic N) is 1. The Bertz CT molecular complexity index is 651. The normalized spacial score (nSPS) is 10.4. The number of benzene rings is 1. The van der Waals surface area contributed by atoms with Crippen molar-refractivity contribution in [3.8, 4) is 5.75 Å². The Balaban J connectivity index is 2.30. The van der Waals surface area contributed by atoms with Gasteiger partial charge in [0, 0.05) is 0 Å². The summed E-state index contributed by atoms with van der Waals surface area (Å²) in [6.45, 7) is 1.83. The fourth-order valence-corrected chi connectivity index (χ4v) is 1.78. The molecule has 0 bridgehead atoms. The Morgan fingerprint density at radius 3 is 2.47 bits per heavy atom. The lowest BCUT2D eigenvalue weighted by molar-refractivity contribution is 0.0693. The minimum absolute atomic E-state index is 0.290. The highest BCUT2D eigenvalue weighted by molar-refractivity contribution is 5.88. The fraction of sp³-hybridized carbons (Fsp3) is 0.231. The lowest BCUT2D eigenvalue weighted by Crippen LogP contribution is -2.09. The molecule has 0 radical (unpaired) electrons. The Hall–Kier alpha value is -2.50. The quantitative estimate of drug-likeness (QED) is 0.904. The Labute approximate surface area is 108 Å². The van der Waals surface area contributed by atoms with Crippen molar-refractivity contribution in [2.75, 3.05) is 7.11 Å². The summed E-state index contributed by atoms with van der Waals surface area (Å²) < 4.78 is 11.2. The fourth-order valence-electron chi connectivity index (χ4n) is 1.78. The van der Waals surface area contributed by atoms with E-state index < -0.39 is 11.6 Å². The van der Waals surface area contributed by atoms with Crippen LogP contribution in [-0.4, -0.2) is 22.9 Å². The molecule has 0 aliphatic carbocycles. The molecule has 0 saturated carbocycles. The van der Waals surface area contributed by atoms with Gasteiger partial charge >= 0.3 is 11.6 Å². The van der Waals surface area contributed by atoms with E-state index in [1.807, 2.05) is 12.1 Å². The van der Waals surface area contributed by atoms with Gasteiger partial charge in [-0.2, -0.15) is 0 Å². The zero-order chi connectivity index (χ0) is 14.0. The van der Waals surface area contributed by atoms with Gasteiger partial charge in [-0.15, -0.1) is 0 Å². The zero-order valence-electron chi connectivity index (χ0n) is 10.5. The standard InChI is InChI=1S/C13H13NO5/c1-8-11(12(15)16)13(17)19-14(8)7-9-3-5-10(18-2)6-4-9/h3-6H,7H2,1-2H3,(H,15,16). The highest BCUT2D eigenvalue weighted by atomic mass is 16.5. The topological polar surface area (TPSA) is 81.7 Å². The summed E-state index contributed by atoms with van der Waals surface area (Å²) in [6, 6.07) is 7.20. The molecule has 0 unspecified atom stereocenters. The van der Waals surface area contributed by atoms with Crippen LogP contribution in [-0.2, 0) is 6.54 Å². The van der Waals surface area contributed by atoms with E-state index in [1.165, 1.54) is 11.7 Å².